The summed E-state index contributed by atoms with van der Waals surface area (Å²) >= 11 is 0. The summed E-state index contributed by atoms with van der Waals surface area (Å²) in [5.41, 5.74) is 1.33. The Morgan fingerprint density at radius 1 is 1.04 bits per heavy atom. The number of halogens is 1. The molecule has 4 nitrogen and oxygen atoms in total. The third-order valence-corrected chi connectivity index (χ3v) is 3.26. The molecule has 0 fully saturated rings. The third kappa shape index (κ3) is 12.3. The normalized spacial score (nSPS) is 11.0. The van der Waals surface area contributed by atoms with E-state index in [-0.39, 0.29) is 24.0 Å². The molecule has 23 heavy (non-hydrogen) atoms. The molecule has 0 saturated carbocycles. The Morgan fingerprint density at radius 3 is 2.52 bits per heavy atom. The maximum Gasteiger partial charge on any atom is 0.191 e. The number of aliphatic imine (C=N–C) groups is 1. The molecule has 1 aromatic carbocycles. The molecule has 0 radical (unpaired) electrons. The van der Waals surface area contributed by atoms with Gasteiger partial charge in [-0.25, -0.2) is 0 Å². The van der Waals surface area contributed by atoms with Crippen LogP contribution in [0.2, 0.25) is 0 Å². The zero-order valence-corrected chi connectivity index (χ0v) is 16.8. The summed E-state index contributed by atoms with van der Waals surface area (Å²) in [4.78, 5) is 4.56. The van der Waals surface area contributed by atoms with Crippen molar-refractivity contribution in [2.75, 3.05) is 32.8 Å². The largest absolute Gasteiger partial charge is 0.381 e. The first kappa shape index (κ1) is 22.2. The number of nitrogens with zero attached hydrogens (tertiary/aromatic N) is 1. The lowest BCUT2D eigenvalue weighted by atomic mass is 10.2. The van der Waals surface area contributed by atoms with Crippen LogP contribution in [0.15, 0.2) is 35.3 Å². The molecule has 0 aromatic heterocycles. The van der Waals surface area contributed by atoms with E-state index >= 15 is 0 Å². The topological polar surface area (TPSA) is 45.7 Å². The molecule has 0 unspecified atom stereocenters. The van der Waals surface area contributed by atoms with E-state index in [4.69, 9.17) is 4.74 Å². The fourth-order valence-corrected chi connectivity index (χ4v) is 2.02. The highest BCUT2D eigenvalue weighted by atomic mass is 127. The number of ether oxygens (including phenoxy) is 1. The Labute approximate surface area is 158 Å². The van der Waals surface area contributed by atoms with Gasteiger partial charge in [0.1, 0.15) is 0 Å². The average molecular weight is 433 g/mol. The monoisotopic (exact) mass is 433 g/mol. The van der Waals surface area contributed by atoms with Crippen LogP contribution in [-0.2, 0) is 11.2 Å². The highest BCUT2D eigenvalue weighted by molar-refractivity contribution is 14.0. The maximum atomic E-state index is 5.67. The van der Waals surface area contributed by atoms with Gasteiger partial charge in [0.15, 0.2) is 5.96 Å². The van der Waals surface area contributed by atoms with E-state index in [1.165, 1.54) is 18.4 Å². The highest BCUT2D eigenvalue weighted by Crippen LogP contribution is 1.99. The van der Waals surface area contributed by atoms with Crippen molar-refractivity contribution in [3.05, 3.63) is 35.9 Å². The Morgan fingerprint density at radius 2 is 1.83 bits per heavy atom. The van der Waals surface area contributed by atoms with Crippen LogP contribution in [0.25, 0.3) is 0 Å². The van der Waals surface area contributed by atoms with Gasteiger partial charge in [0.05, 0.1) is 6.61 Å². The van der Waals surface area contributed by atoms with Gasteiger partial charge >= 0.3 is 0 Å². The lowest BCUT2D eigenvalue weighted by molar-refractivity contribution is 0.136. The van der Waals surface area contributed by atoms with Crippen LogP contribution >= 0.6 is 24.0 Å². The van der Waals surface area contributed by atoms with Gasteiger partial charge in [-0.05, 0) is 31.7 Å². The van der Waals surface area contributed by atoms with E-state index in [0.29, 0.717) is 0 Å². The Balaban J connectivity index is 0.00000484. The zero-order chi connectivity index (χ0) is 15.9. The van der Waals surface area contributed by atoms with E-state index in [2.05, 4.69) is 53.7 Å². The average Bonchev–Trinajstić information content (AvgIpc) is 2.55. The van der Waals surface area contributed by atoms with Crippen molar-refractivity contribution in [1.29, 1.82) is 0 Å². The molecule has 0 bridgehead atoms. The quantitative estimate of drug-likeness (QED) is 0.243. The summed E-state index contributed by atoms with van der Waals surface area (Å²) < 4.78 is 5.67. The number of hydrogen-bond donors (Lipinski definition) is 2. The molecule has 0 amide bonds. The second kappa shape index (κ2) is 16.1. The molecule has 1 aromatic rings. The molecule has 0 heterocycles. The molecule has 0 saturated heterocycles. The first-order chi connectivity index (χ1) is 10.9. The summed E-state index contributed by atoms with van der Waals surface area (Å²) in [6.07, 6.45) is 4.30. The van der Waals surface area contributed by atoms with Gasteiger partial charge in [0, 0.05) is 26.2 Å². The molecule has 0 aliphatic heterocycles. The molecule has 1 rings (SSSR count). The van der Waals surface area contributed by atoms with Gasteiger partial charge in [-0.1, -0.05) is 43.7 Å². The molecule has 0 aliphatic carbocycles. The number of rotatable bonds is 11. The van der Waals surface area contributed by atoms with Crippen LogP contribution in [0, 0.1) is 0 Å². The van der Waals surface area contributed by atoms with Crippen LogP contribution in [0.4, 0.5) is 0 Å². The summed E-state index contributed by atoms with van der Waals surface area (Å²) in [6, 6.07) is 10.4. The standard InChI is InChI=1S/C18H31N3O.HI/c1-3-5-13-20-18(19-4-2)21-14-9-15-22-16-12-17-10-7-6-8-11-17;/h6-8,10-11H,3-5,9,12-16H2,1-2H3,(H2,19,20,21);1H. The van der Waals surface area contributed by atoms with Gasteiger partial charge in [-0.3, -0.25) is 4.99 Å². The summed E-state index contributed by atoms with van der Waals surface area (Å²) in [5, 5.41) is 6.61. The smallest absolute Gasteiger partial charge is 0.191 e. The molecule has 0 spiro atoms. The van der Waals surface area contributed by atoms with E-state index < -0.39 is 0 Å². The number of guanidine groups is 1. The number of nitrogens with one attached hydrogen (secondary N) is 2. The lowest BCUT2D eigenvalue weighted by Gasteiger charge is -2.10. The molecular formula is C18H32IN3O. The van der Waals surface area contributed by atoms with E-state index in [9.17, 15) is 0 Å². The van der Waals surface area contributed by atoms with Gasteiger partial charge in [-0.2, -0.15) is 0 Å². The number of hydrogen-bond acceptors (Lipinski definition) is 2. The molecular weight excluding hydrogens is 401 g/mol. The van der Waals surface area contributed by atoms with Crippen LogP contribution in [0.3, 0.4) is 0 Å². The van der Waals surface area contributed by atoms with Crippen LogP contribution in [0.5, 0.6) is 0 Å². The highest BCUT2D eigenvalue weighted by Gasteiger charge is 1.96. The summed E-state index contributed by atoms with van der Waals surface area (Å²) in [6.45, 7) is 8.50. The first-order valence-corrected chi connectivity index (χ1v) is 8.50. The third-order valence-electron chi connectivity index (χ3n) is 3.26. The molecule has 0 atom stereocenters. The first-order valence-electron chi connectivity index (χ1n) is 8.50. The summed E-state index contributed by atoms with van der Waals surface area (Å²) in [7, 11) is 0. The Kier molecular flexibility index (Phi) is 15.5. The van der Waals surface area contributed by atoms with Crippen LogP contribution < -0.4 is 10.6 Å². The predicted molar refractivity (Wildman–Crippen MR) is 110 cm³/mol. The fourth-order valence-electron chi connectivity index (χ4n) is 2.02. The number of unbranched alkanes of at least 4 members (excludes halogenated alkanes) is 1. The number of benzene rings is 1. The van der Waals surface area contributed by atoms with Gasteiger partial charge in [0.25, 0.3) is 0 Å². The van der Waals surface area contributed by atoms with Crippen molar-refractivity contribution < 1.29 is 4.74 Å². The minimum absolute atomic E-state index is 0. The molecule has 2 N–H and O–H groups in total. The van der Waals surface area contributed by atoms with E-state index in [1.807, 2.05) is 6.07 Å². The van der Waals surface area contributed by atoms with Crippen molar-refractivity contribution in [1.82, 2.24) is 10.6 Å². The van der Waals surface area contributed by atoms with Crippen molar-refractivity contribution in [3.63, 3.8) is 0 Å². The maximum absolute atomic E-state index is 5.67. The second-order valence-corrected chi connectivity index (χ2v) is 5.24. The van der Waals surface area contributed by atoms with Crippen LogP contribution in [0.1, 0.15) is 38.7 Å². The van der Waals surface area contributed by atoms with Crippen LogP contribution in [-0.4, -0.2) is 38.8 Å². The van der Waals surface area contributed by atoms with Crippen molar-refractivity contribution >= 4 is 29.9 Å². The second-order valence-electron chi connectivity index (χ2n) is 5.24. The van der Waals surface area contributed by atoms with E-state index in [0.717, 1.165) is 51.6 Å². The van der Waals surface area contributed by atoms with Gasteiger partial charge in [-0.15, -0.1) is 24.0 Å². The Hall–Kier alpha value is -0.820. The van der Waals surface area contributed by atoms with Gasteiger partial charge < -0.3 is 15.4 Å². The van der Waals surface area contributed by atoms with E-state index in [1.54, 1.807) is 0 Å². The van der Waals surface area contributed by atoms with Crippen molar-refractivity contribution in [2.24, 2.45) is 4.99 Å². The van der Waals surface area contributed by atoms with Crippen molar-refractivity contribution in [3.8, 4) is 0 Å². The molecule has 0 aliphatic rings. The molecule has 5 heteroatoms. The fraction of sp³-hybridized carbons (Fsp3) is 0.611. The molecule has 132 valence electrons. The minimum Gasteiger partial charge on any atom is -0.381 e. The summed E-state index contributed by atoms with van der Waals surface area (Å²) in [5.74, 6) is 0.917. The van der Waals surface area contributed by atoms with Gasteiger partial charge in [0.2, 0.25) is 0 Å². The Bertz CT molecular complexity index is 399. The predicted octanol–water partition coefficient (Wildman–Crippen LogP) is 3.61. The minimum atomic E-state index is 0. The SMILES string of the molecule is CCCCNC(=NCCCOCCc1ccccc1)NCC.I. The lowest BCUT2D eigenvalue weighted by Crippen LogP contribution is -2.37. The van der Waals surface area contributed by atoms with Crippen molar-refractivity contribution in [2.45, 2.75) is 39.5 Å². The zero-order valence-electron chi connectivity index (χ0n) is 14.5.